The zero-order valence-electron chi connectivity index (χ0n) is 13.6. The number of hydrogen-bond acceptors (Lipinski definition) is 6. The fraction of sp³-hybridized carbons (Fsp3) is 0.375. The van der Waals surface area contributed by atoms with Crippen molar-refractivity contribution in [2.45, 2.75) is 23.8 Å². The number of ether oxygens (including phenoxy) is 2. The molecule has 0 amide bonds. The van der Waals surface area contributed by atoms with E-state index in [1.54, 1.807) is 18.3 Å². The molecule has 2 heterocycles. The van der Waals surface area contributed by atoms with Gasteiger partial charge in [0.2, 0.25) is 15.9 Å². The Bertz CT molecular complexity index is 825. The Morgan fingerprint density at radius 3 is 2.64 bits per heavy atom. The summed E-state index contributed by atoms with van der Waals surface area (Å²) in [6.45, 7) is 0.542. The second kappa shape index (κ2) is 7.32. The van der Waals surface area contributed by atoms with Gasteiger partial charge in [-0.05, 0) is 37.1 Å². The SMILES string of the molecule is COc1ccc(F)cc1S(=O)(=O)N1CCC(Oc2cccnn2)CC1. The van der Waals surface area contributed by atoms with Gasteiger partial charge in [0, 0.05) is 25.4 Å². The van der Waals surface area contributed by atoms with Crippen molar-refractivity contribution >= 4 is 10.0 Å². The fourth-order valence-corrected chi connectivity index (χ4v) is 4.34. The van der Waals surface area contributed by atoms with E-state index in [0.29, 0.717) is 18.7 Å². The minimum absolute atomic E-state index is 0.124. The van der Waals surface area contributed by atoms with Gasteiger partial charge in [-0.2, -0.15) is 9.40 Å². The first kappa shape index (κ1) is 17.6. The van der Waals surface area contributed by atoms with Crippen molar-refractivity contribution in [1.82, 2.24) is 14.5 Å². The third kappa shape index (κ3) is 3.88. The van der Waals surface area contributed by atoms with Crippen LogP contribution in [0.5, 0.6) is 11.6 Å². The Labute approximate surface area is 145 Å². The van der Waals surface area contributed by atoms with E-state index in [1.807, 2.05) is 0 Å². The molecular weight excluding hydrogens is 349 g/mol. The summed E-state index contributed by atoms with van der Waals surface area (Å²) in [6, 6.07) is 6.88. The molecule has 25 heavy (non-hydrogen) atoms. The number of sulfonamides is 1. The molecule has 1 saturated heterocycles. The maximum atomic E-state index is 13.5. The van der Waals surface area contributed by atoms with E-state index >= 15 is 0 Å². The highest BCUT2D eigenvalue weighted by Crippen LogP contribution is 2.29. The summed E-state index contributed by atoms with van der Waals surface area (Å²) in [5.74, 6) is -0.0878. The van der Waals surface area contributed by atoms with E-state index in [0.717, 1.165) is 6.07 Å². The molecule has 0 spiro atoms. The van der Waals surface area contributed by atoms with Crippen molar-refractivity contribution in [2.75, 3.05) is 20.2 Å². The van der Waals surface area contributed by atoms with Crippen LogP contribution in [0.2, 0.25) is 0 Å². The van der Waals surface area contributed by atoms with Crippen LogP contribution in [0.25, 0.3) is 0 Å². The standard InChI is InChI=1S/C16H18FN3O4S/c1-23-14-5-4-12(17)11-15(14)25(21,22)20-9-6-13(7-10-20)24-16-3-2-8-18-19-16/h2-5,8,11,13H,6-7,9-10H2,1H3. The lowest BCUT2D eigenvalue weighted by molar-refractivity contribution is 0.128. The van der Waals surface area contributed by atoms with E-state index < -0.39 is 15.8 Å². The van der Waals surface area contributed by atoms with Gasteiger partial charge in [0.05, 0.1) is 7.11 Å². The molecule has 1 aliphatic rings. The van der Waals surface area contributed by atoms with Gasteiger partial charge in [0.25, 0.3) is 0 Å². The van der Waals surface area contributed by atoms with Crippen LogP contribution in [-0.2, 0) is 10.0 Å². The molecule has 7 nitrogen and oxygen atoms in total. The van der Waals surface area contributed by atoms with Crippen molar-refractivity contribution in [2.24, 2.45) is 0 Å². The smallest absolute Gasteiger partial charge is 0.246 e. The number of hydrogen-bond donors (Lipinski definition) is 0. The molecule has 1 aliphatic heterocycles. The summed E-state index contributed by atoms with van der Waals surface area (Å²) in [4.78, 5) is -0.164. The minimum atomic E-state index is -3.84. The Morgan fingerprint density at radius 1 is 1.24 bits per heavy atom. The molecule has 9 heteroatoms. The van der Waals surface area contributed by atoms with Gasteiger partial charge in [0.1, 0.15) is 22.6 Å². The molecule has 134 valence electrons. The van der Waals surface area contributed by atoms with Crippen molar-refractivity contribution in [3.05, 3.63) is 42.3 Å². The fourth-order valence-electron chi connectivity index (χ4n) is 2.70. The molecule has 1 aromatic heterocycles. The molecule has 1 fully saturated rings. The summed E-state index contributed by atoms with van der Waals surface area (Å²) in [6.07, 6.45) is 2.42. The molecule has 0 bridgehead atoms. The lowest BCUT2D eigenvalue weighted by Gasteiger charge is -2.31. The average molecular weight is 367 g/mol. The van der Waals surface area contributed by atoms with Crippen molar-refractivity contribution in [3.63, 3.8) is 0 Å². The van der Waals surface area contributed by atoms with Crippen LogP contribution in [0.3, 0.4) is 0 Å². The molecular formula is C16H18FN3O4S. The molecule has 0 unspecified atom stereocenters. The second-order valence-electron chi connectivity index (χ2n) is 5.58. The van der Waals surface area contributed by atoms with Gasteiger partial charge in [-0.15, -0.1) is 5.10 Å². The number of rotatable bonds is 5. The van der Waals surface area contributed by atoms with Gasteiger partial charge >= 0.3 is 0 Å². The van der Waals surface area contributed by atoms with Crippen molar-refractivity contribution in [3.8, 4) is 11.6 Å². The van der Waals surface area contributed by atoms with E-state index in [-0.39, 0.29) is 29.8 Å². The van der Waals surface area contributed by atoms with Crippen LogP contribution < -0.4 is 9.47 Å². The predicted octanol–water partition coefficient (Wildman–Crippen LogP) is 1.86. The molecule has 1 aromatic carbocycles. The molecule has 0 atom stereocenters. The average Bonchev–Trinajstić information content (AvgIpc) is 2.63. The highest BCUT2D eigenvalue weighted by atomic mass is 32.2. The minimum Gasteiger partial charge on any atom is -0.495 e. The molecule has 0 radical (unpaired) electrons. The third-order valence-electron chi connectivity index (χ3n) is 3.98. The number of benzene rings is 1. The van der Waals surface area contributed by atoms with Crippen LogP contribution in [0, 0.1) is 5.82 Å². The van der Waals surface area contributed by atoms with Crippen molar-refractivity contribution in [1.29, 1.82) is 0 Å². The number of halogens is 1. The first-order valence-electron chi connectivity index (χ1n) is 7.79. The molecule has 0 aliphatic carbocycles. The van der Waals surface area contributed by atoms with Crippen LogP contribution in [0.15, 0.2) is 41.4 Å². The summed E-state index contributed by atoms with van der Waals surface area (Å²) in [5, 5.41) is 7.60. The van der Waals surface area contributed by atoms with E-state index in [9.17, 15) is 12.8 Å². The van der Waals surface area contributed by atoms with Gasteiger partial charge in [0.15, 0.2) is 0 Å². The highest BCUT2D eigenvalue weighted by Gasteiger charge is 2.32. The first-order valence-corrected chi connectivity index (χ1v) is 9.23. The summed E-state index contributed by atoms with van der Waals surface area (Å²) in [7, 11) is -2.48. The maximum absolute atomic E-state index is 13.5. The predicted molar refractivity (Wildman–Crippen MR) is 87.4 cm³/mol. The Kier molecular flexibility index (Phi) is 5.14. The first-order chi connectivity index (χ1) is 12.0. The van der Waals surface area contributed by atoms with Crippen LogP contribution in [0.4, 0.5) is 4.39 Å². The maximum Gasteiger partial charge on any atom is 0.246 e. The van der Waals surface area contributed by atoms with E-state index in [2.05, 4.69) is 10.2 Å². The van der Waals surface area contributed by atoms with Gasteiger partial charge in [-0.1, -0.05) is 0 Å². The third-order valence-corrected chi connectivity index (χ3v) is 5.90. The Balaban J connectivity index is 1.71. The van der Waals surface area contributed by atoms with E-state index in [4.69, 9.17) is 9.47 Å². The number of piperidine rings is 1. The molecule has 3 rings (SSSR count). The Morgan fingerprint density at radius 2 is 2.00 bits per heavy atom. The zero-order chi connectivity index (χ0) is 17.9. The van der Waals surface area contributed by atoms with Gasteiger partial charge < -0.3 is 9.47 Å². The van der Waals surface area contributed by atoms with Crippen LogP contribution in [-0.4, -0.2) is 49.2 Å². The quantitative estimate of drug-likeness (QED) is 0.802. The monoisotopic (exact) mass is 367 g/mol. The Hall–Kier alpha value is -2.26. The zero-order valence-corrected chi connectivity index (χ0v) is 14.4. The van der Waals surface area contributed by atoms with Gasteiger partial charge in [-0.25, -0.2) is 12.8 Å². The molecule has 2 aromatic rings. The van der Waals surface area contributed by atoms with Crippen molar-refractivity contribution < 1.29 is 22.3 Å². The molecule has 0 saturated carbocycles. The summed E-state index contributed by atoms with van der Waals surface area (Å²) < 4.78 is 51.2. The lowest BCUT2D eigenvalue weighted by atomic mass is 10.1. The summed E-state index contributed by atoms with van der Waals surface area (Å²) in [5.41, 5.74) is 0. The summed E-state index contributed by atoms with van der Waals surface area (Å²) >= 11 is 0. The topological polar surface area (TPSA) is 81.6 Å². The largest absolute Gasteiger partial charge is 0.495 e. The molecule has 0 N–H and O–H groups in total. The van der Waals surface area contributed by atoms with Gasteiger partial charge in [-0.3, -0.25) is 0 Å². The van der Waals surface area contributed by atoms with Crippen LogP contribution >= 0.6 is 0 Å². The normalized spacial score (nSPS) is 16.6. The number of methoxy groups -OCH3 is 1. The second-order valence-corrected chi connectivity index (χ2v) is 7.48. The number of aromatic nitrogens is 2. The highest BCUT2D eigenvalue weighted by molar-refractivity contribution is 7.89. The number of nitrogens with zero attached hydrogens (tertiary/aromatic N) is 3. The van der Waals surface area contributed by atoms with E-state index in [1.165, 1.54) is 23.5 Å². The lowest BCUT2D eigenvalue weighted by Crippen LogP contribution is -2.41. The van der Waals surface area contributed by atoms with Crippen LogP contribution in [0.1, 0.15) is 12.8 Å².